The summed E-state index contributed by atoms with van der Waals surface area (Å²) in [6.45, 7) is 1.94. The van der Waals surface area contributed by atoms with Gasteiger partial charge in [-0.15, -0.1) is 0 Å². The molecule has 0 unspecified atom stereocenters. The Balaban J connectivity index is 1.85. The summed E-state index contributed by atoms with van der Waals surface area (Å²) >= 11 is 0. The maximum absolute atomic E-state index is 5.15. The second kappa shape index (κ2) is 7.56. The number of hydrogen-bond donors (Lipinski definition) is 1. The van der Waals surface area contributed by atoms with Crippen LogP contribution >= 0.6 is 0 Å². The molecule has 0 radical (unpaired) electrons. The molecule has 7 nitrogen and oxygen atoms in total. The molecule has 0 atom stereocenters. The van der Waals surface area contributed by atoms with E-state index >= 15 is 0 Å². The number of methoxy groups -OCH3 is 2. The van der Waals surface area contributed by atoms with Gasteiger partial charge in [-0.05, 0) is 5.56 Å². The number of rotatable bonds is 8. The van der Waals surface area contributed by atoms with Crippen LogP contribution in [0.5, 0.6) is 5.88 Å². The van der Waals surface area contributed by atoms with E-state index in [2.05, 4.69) is 20.4 Å². The maximum Gasteiger partial charge on any atom is 0.240 e. The molecule has 0 amide bonds. The standard InChI is InChI=1S/C13H18N4O3/c1-18-6-5-14-9-13-16-11(17-20-13)7-10-3-4-12(19-2)15-8-10/h3-4,8,14H,5-7,9H2,1-2H3. The average Bonchev–Trinajstić information content (AvgIpc) is 2.92. The molecule has 108 valence electrons. The Morgan fingerprint density at radius 1 is 1.30 bits per heavy atom. The van der Waals surface area contributed by atoms with E-state index in [-0.39, 0.29) is 0 Å². The highest BCUT2D eigenvalue weighted by Crippen LogP contribution is 2.10. The molecular formula is C13H18N4O3. The SMILES string of the molecule is COCCNCc1nc(Cc2ccc(OC)nc2)no1. The van der Waals surface area contributed by atoms with Crippen molar-refractivity contribution < 1.29 is 14.0 Å². The van der Waals surface area contributed by atoms with Gasteiger partial charge < -0.3 is 19.3 Å². The Morgan fingerprint density at radius 3 is 2.90 bits per heavy atom. The van der Waals surface area contributed by atoms with E-state index in [1.54, 1.807) is 20.4 Å². The first-order valence-corrected chi connectivity index (χ1v) is 6.32. The molecule has 0 aliphatic carbocycles. The molecule has 20 heavy (non-hydrogen) atoms. The molecule has 2 heterocycles. The average molecular weight is 278 g/mol. The first kappa shape index (κ1) is 14.4. The van der Waals surface area contributed by atoms with E-state index in [4.69, 9.17) is 14.0 Å². The first-order chi connectivity index (χ1) is 9.81. The quantitative estimate of drug-likeness (QED) is 0.715. The zero-order valence-corrected chi connectivity index (χ0v) is 11.6. The minimum atomic E-state index is 0.539. The fourth-order valence-corrected chi connectivity index (χ4v) is 1.62. The molecule has 1 N–H and O–H groups in total. The molecule has 0 aliphatic heterocycles. The summed E-state index contributed by atoms with van der Waals surface area (Å²) < 4.78 is 15.1. The summed E-state index contributed by atoms with van der Waals surface area (Å²) in [6.07, 6.45) is 2.32. The fourth-order valence-electron chi connectivity index (χ4n) is 1.62. The molecular weight excluding hydrogens is 260 g/mol. The van der Waals surface area contributed by atoms with Crippen LogP contribution in [0.25, 0.3) is 0 Å². The van der Waals surface area contributed by atoms with Crippen molar-refractivity contribution in [2.75, 3.05) is 27.4 Å². The van der Waals surface area contributed by atoms with Crippen molar-refractivity contribution in [1.82, 2.24) is 20.4 Å². The second-order valence-electron chi connectivity index (χ2n) is 4.16. The van der Waals surface area contributed by atoms with E-state index in [1.807, 2.05) is 12.1 Å². The molecule has 0 spiro atoms. The van der Waals surface area contributed by atoms with Crippen LogP contribution in [0.1, 0.15) is 17.3 Å². The summed E-state index contributed by atoms with van der Waals surface area (Å²) in [4.78, 5) is 8.44. The van der Waals surface area contributed by atoms with Crippen LogP contribution in [0.3, 0.4) is 0 Å². The van der Waals surface area contributed by atoms with Crippen LogP contribution in [0.2, 0.25) is 0 Å². The fraction of sp³-hybridized carbons (Fsp3) is 0.462. The lowest BCUT2D eigenvalue weighted by Gasteiger charge is -1.99. The predicted octanol–water partition coefficient (Wildman–Crippen LogP) is 0.800. The molecule has 0 aromatic carbocycles. The van der Waals surface area contributed by atoms with Gasteiger partial charge in [-0.1, -0.05) is 11.2 Å². The molecule has 0 aliphatic rings. The zero-order chi connectivity index (χ0) is 14.2. The summed E-state index contributed by atoms with van der Waals surface area (Å²) in [5, 5.41) is 7.08. The summed E-state index contributed by atoms with van der Waals surface area (Å²) in [5.41, 5.74) is 1.01. The Kier molecular flexibility index (Phi) is 5.45. The summed E-state index contributed by atoms with van der Waals surface area (Å²) in [7, 11) is 3.25. The third-order valence-corrected chi connectivity index (χ3v) is 2.64. The first-order valence-electron chi connectivity index (χ1n) is 6.32. The van der Waals surface area contributed by atoms with Crippen molar-refractivity contribution in [3.63, 3.8) is 0 Å². The van der Waals surface area contributed by atoms with Crippen molar-refractivity contribution >= 4 is 0 Å². The van der Waals surface area contributed by atoms with E-state index < -0.39 is 0 Å². The number of nitrogens with zero attached hydrogens (tertiary/aromatic N) is 3. The van der Waals surface area contributed by atoms with Crippen molar-refractivity contribution in [2.24, 2.45) is 0 Å². The molecule has 0 saturated heterocycles. The van der Waals surface area contributed by atoms with Crippen molar-refractivity contribution in [1.29, 1.82) is 0 Å². The van der Waals surface area contributed by atoms with Gasteiger partial charge in [0.15, 0.2) is 5.82 Å². The minimum absolute atomic E-state index is 0.539. The molecule has 2 aromatic rings. The van der Waals surface area contributed by atoms with E-state index in [0.717, 1.165) is 12.1 Å². The third-order valence-electron chi connectivity index (χ3n) is 2.64. The minimum Gasteiger partial charge on any atom is -0.481 e. The number of nitrogens with one attached hydrogen (secondary N) is 1. The normalized spacial score (nSPS) is 10.7. The highest BCUT2D eigenvalue weighted by atomic mass is 16.5. The number of pyridine rings is 1. The van der Waals surface area contributed by atoms with Crippen LogP contribution in [0.15, 0.2) is 22.9 Å². The van der Waals surface area contributed by atoms with Crippen molar-refractivity contribution in [3.05, 3.63) is 35.6 Å². The highest BCUT2D eigenvalue weighted by molar-refractivity contribution is 5.20. The van der Waals surface area contributed by atoms with Crippen molar-refractivity contribution in [3.8, 4) is 5.88 Å². The van der Waals surface area contributed by atoms with Gasteiger partial charge in [0, 0.05) is 32.3 Å². The van der Waals surface area contributed by atoms with Crippen LogP contribution < -0.4 is 10.1 Å². The Morgan fingerprint density at radius 2 is 2.20 bits per heavy atom. The smallest absolute Gasteiger partial charge is 0.240 e. The van der Waals surface area contributed by atoms with Gasteiger partial charge in [-0.25, -0.2) is 4.98 Å². The lowest BCUT2D eigenvalue weighted by molar-refractivity contribution is 0.197. The molecule has 2 rings (SSSR count). The van der Waals surface area contributed by atoms with Crippen LogP contribution in [0, 0.1) is 0 Å². The lowest BCUT2D eigenvalue weighted by Crippen LogP contribution is -2.18. The largest absolute Gasteiger partial charge is 0.481 e. The van der Waals surface area contributed by atoms with Crippen LogP contribution in [-0.2, 0) is 17.7 Å². The van der Waals surface area contributed by atoms with Crippen LogP contribution in [-0.4, -0.2) is 42.5 Å². The van der Waals surface area contributed by atoms with Gasteiger partial charge >= 0.3 is 0 Å². The number of hydrogen-bond acceptors (Lipinski definition) is 7. The number of aromatic nitrogens is 3. The Labute approximate surface area is 117 Å². The van der Waals surface area contributed by atoms with Gasteiger partial charge in [-0.2, -0.15) is 4.98 Å². The van der Waals surface area contributed by atoms with E-state index in [1.165, 1.54) is 0 Å². The van der Waals surface area contributed by atoms with Gasteiger partial charge in [-0.3, -0.25) is 0 Å². The highest BCUT2D eigenvalue weighted by Gasteiger charge is 2.07. The lowest BCUT2D eigenvalue weighted by atomic mass is 10.2. The van der Waals surface area contributed by atoms with Crippen LogP contribution in [0.4, 0.5) is 0 Å². The maximum atomic E-state index is 5.15. The molecule has 0 bridgehead atoms. The molecule has 0 saturated carbocycles. The second-order valence-corrected chi connectivity index (χ2v) is 4.16. The van der Waals surface area contributed by atoms with Gasteiger partial charge in [0.2, 0.25) is 11.8 Å². The summed E-state index contributed by atoms with van der Waals surface area (Å²) in [6, 6.07) is 3.74. The van der Waals surface area contributed by atoms with Gasteiger partial charge in [0.25, 0.3) is 0 Å². The Bertz CT molecular complexity index is 513. The molecule has 2 aromatic heterocycles. The number of ether oxygens (including phenoxy) is 2. The topological polar surface area (TPSA) is 82.3 Å². The molecule has 0 fully saturated rings. The predicted molar refractivity (Wildman–Crippen MR) is 71.5 cm³/mol. The van der Waals surface area contributed by atoms with Gasteiger partial charge in [0.1, 0.15) is 0 Å². The van der Waals surface area contributed by atoms with E-state index in [0.29, 0.717) is 37.2 Å². The van der Waals surface area contributed by atoms with Gasteiger partial charge in [0.05, 0.1) is 20.3 Å². The third kappa shape index (κ3) is 4.29. The zero-order valence-electron chi connectivity index (χ0n) is 11.6. The summed E-state index contributed by atoms with van der Waals surface area (Å²) in [5.74, 6) is 1.79. The molecule has 7 heteroatoms. The van der Waals surface area contributed by atoms with Crippen molar-refractivity contribution in [2.45, 2.75) is 13.0 Å². The van der Waals surface area contributed by atoms with E-state index in [9.17, 15) is 0 Å². The Hall–Kier alpha value is -1.99. The monoisotopic (exact) mass is 278 g/mol.